The molecule has 1 aromatic rings. The van der Waals surface area contributed by atoms with E-state index < -0.39 is 23.3 Å². The van der Waals surface area contributed by atoms with E-state index in [0.29, 0.717) is 6.54 Å². The summed E-state index contributed by atoms with van der Waals surface area (Å²) in [5.74, 6) is -2.25. The number of nitrogens with one attached hydrogen (secondary N) is 1. The Hall–Kier alpha value is -1.73. The second kappa shape index (κ2) is 5.72. The molecule has 6 nitrogen and oxygen atoms in total. The lowest BCUT2D eigenvalue weighted by molar-refractivity contribution is -0.155. The lowest BCUT2D eigenvalue weighted by Crippen LogP contribution is -2.54. The molecular formula is C16H20N2O4S. The number of hydrogen-bond donors (Lipinski definition) is 1. The van der Waals surface area contributed by atoms with Crippen LogP contribution in [0.3, 0.4) is 0 Å². The van der Waals surface area contributed by atoms with Crippen LogP contribution in [0.4, 0.5) is 0 Å². The van der Waals surface area contributed by atoms with Crippen molar-refractivity contribution in [2.24, 2.45) is 11.8 Å². The zero-order valence-corrected chi connectivity index (χ0v) is 14.2. The highest BCUT2D eigenvalue weighted by atomic mass is 32.1. The summed E-state index contributed by atoms with van der Waals surface area (Å²) in [5.41, 5.74) is -1.19. The number of esters is 1. The first kappa shape index (κ1) is 16.1. The van der Waals surface area contributed by atoms with Crippen LogP contribution < -0.4 is 5.32 Å². The average molecular weight is 336 g/mol. The minimum atomic E-state index is -1.19. The number of carbonyl (C=O) groups excluding carboxylic acids is 3. The maximum absolute atomic E-state index is 12.7. The van der Waals surface area contributed by atoms with Gasteiger partial charge < -0.3 is 4.74 Å². The van der Waals surface area contributed by atoms with Gasteiger partial charge >= 0.3 is 5.97 Å². The number of imide groups is 1. The third-order valence-corrected chi connectivity index (χ3v) is 5.70. The summed E-state index contributed by atoms with van der Waals surface area (Å²) >= 11 is 1.51. The Morgan fingerprint density at radius 3 is 2.70 bits per heavy atom. The molecule has 0 bridgehead atoms. The van der Waals surface area contributed by atoms with Crippen LogP contribution in [0.1, 0.15) is 31.7 Å². The molecule has 2 aliphatic rings. The van der Waals surface area contributed by atoms with E-state index in [1.54, 1.807) is 20.8 Å². The minimum Gasteiger partial charge on any atom is -0.465 e. The molecule has 0 unspecified atom stereocenters. The highest BCUT2D eigenvalue weighted by molar-refractivity contribution is 7.10. The fourth-order valence-electron chi connectivity index (χ4n) is 3.69. The molecule has 0 spiro atoms. The first-order valence-electron chi connectivity index (χ1n) is 7.79. The van der Waals surface area contributed by atoms with Gasteiger partial charge in [0.1, 0.15) is 5.54 Å². The number of fused-ring (bicyclic) bond motifs is 1. The molecule has 0 radical (unpaired) electrons. The molecule has 2 amide bonds. The van der Waals surface area contributed by atoms with Crippen molar-refractivity contribution < 1.29 is 19.1 Å². The number of thiophene rings is 1. The summed E-state index contributed by atoms with van der Waals surface area (Å²) < 4.78 is 5.18. The van der Waals surface area contributed by atoms with Crippen LogP contribution in [-0.2, 0) is 19.1 Å². The standard InChI is InChI=1S/C16H20N2O4S/c1-4-18-13(19)10-11(14(18)20)16(3,15(21)22-5-2)17-12(10)9-7-6-8-23-9/h6-8,10-12,17H,4-5H2,1-3H3/t10-,11+,12+,16+/m0/s1. The summed E-state index contributed by atoms with van der Waals surface area (Å²) in [6.07, 6.45) is 0. The fraction of sp³-hybridized carbons (Fsp3) is 0.562. The van der Waals surface area contributed by atoms with E-state index >= 15 is 0 Å². The third-order valence-electron chi connectivity index (χ3n) is 4.74. The fourth-order valence-corrected chi connectivity index (χ4v) is 4.51. The van der Waals surface area contributed by atoms with Gasteiger partial charge in [0.05, 0.1) is 24.5 Å². The van der Waals surface area contributed by atoms with E-state index in [-0.39, 0.29) is 24.5 Å². The number of nitrogens with zero attached hydrogens (tertiary/aromatic N) is 1. The Morgan fingerprint density at radius 1 is 1.39 bits per heavy atom. The zero-order valence-electron chi connectivity index (χ0n) is 13.4. The molecule has 4 atom stereocenters. The van der Waals surface area contributed by atoms with Crippen molar-refractivity contribution in [3.05, 3.63) is 22.4 Å². The summed E-state index contributed by atoms with van der Waals surface area (Å²) in [6, 6.07) is 3.47. The molecule has 23 heavy (non-hydrogen) atoms. The molecule has 0 saturated carbocycles. The van der Waals surface area contributed by atoms with E-state index in [4.69, 9.17) is 4.74 Å². The van der Waals surface area contributed by atoms with E-state index in [1.807, 2.05) is 17.5 Å². The van der Waals surface area contributed by atoms with Gasteiger partial charge in [0, 0.05) is 11.4 Å². The molecule has 2 fully saturated rings. The van der Waals surface area contributed by atoms with Crippen molar-refractivity contribution in [3.8, 4) is 0 Å². The largest absolute Gasteiger partial charge is 0.465 e. The van der Waals surface area contributed by atoms with Crippen molar-refractivity contribution in [2.45, 2.75) is 32.4 Å². The van der Waals surface area contributed by atoms with Gasteiger partial charge in [0.2, 0.25) is 11.8 Å². The van der Waals surface area contributed by atoms with Crippen molar-refractivity contribution in [1.82, 2.24) is 10.2 Å². The normalized spacial score (nSPS) is 33.2. The molecule has 2 saturated heterocycles. The van der Waals surface area contributed by atoms with Gasteiger partial charge in [-0.3, -0.25) is 24.6 Å². The number of amides is 2. The van der Waals surface area contributed by atoms with Gasteiger partial charge in [0.15, 0.2) is 0 Å². The van der Waals surface area contributed by atoms with Gasteiger partial charge in [-0.1, -0.05) is 6.07 Å². The highest BCUT2D eigenvalue weighted by Gasteiger charge is 2.66. The monoisotopic (exact) mass is 336 g/mol. The van der Waals surface area contributed by atoms with E-state index in [1.165, 1.54) is 16.2 Å². The van der Waals surface area contributed by atoms with Crippen molar-refractivity contribution in [3.63, 3.8) is 0 Å². The topological polar surface area (TPSA) is 75.7 Å². The van der Waals surface area contributed by atoms with Gasteiger partial charge in [-0.2, -0.15) is 0 Å². The molecule has 3 rings (SSSR count). The lowest BCUT2D eigenvalue weighted by Gasteiger charge is -2.28. The molecule has 2 aliphatic heterocycles. The maximum atomic E-state index is 12.7. The minimum absolute atomic E-state index is 0.207. The van der Waals surface area contributed by atoms with Crippen LogP contribution in [0.15, 0.2) is 17.5 Å². The molecular weight excluding hydrogens is 316 g/mol. The second-order valence-corrected chi connectivity index (χ2v) is 6.96. The van der Waals surface area contributed by atoms with Gasteiger partial charge in [-0.15, -0.1) is 11.3 Å². The number of carbonyl (C=O) groups is 3. The predicted molar refractivity (Wildman–Crippen MR) is 84.6 cm³/mol. The van der Waals surface area contributed by atoms with Crippen molar-refractivity contribution >= 4 is 29.1 Å². The van der Waals surface area contributed by atoms with Crippen molar-refractivity contribution in [1.29, 1.82) is 0 Å². The molecule has 124 valence electrons. The van der Waals surface area contributed by atoms with Gasteiger partial charge in [-0.25, -0.2) is 0 Å². The van der Waals surface area contributed by atoms with Crippen LogP contribution >= 0.6 is 11.3 Å². The quantitative estimate of drug-likeness (QED) is 0.663. The Bertz CT molecular complexity index is 645. The Kier molecular flexibility index (Phi) is 4.01. The number of rotatable bonds is 4. The summed E-state index contributed by atoms with van der Waals surface area (Å²) in [7, 11) is 0. The van der Waals surface area contributed by atoms with Gasteiger partial charge in [0.25, 0.3) is 0 Å². The van der Waals surface area contributed by atoms with Crippen LogP contribution in [0.25, 0.3) is 0 Å². The Balaban J connectivity index is 2.06. The predicted octanol–water partition coefficient (Wildman–Crippen LogP) is 1.34. The van der Waals surface area contributed by atoms with Crippen LogP contribution in [-0.4, -0.2) is 41.4 Å². The number of likely N-dealkylation sites (tertiary alicyclic amines) is 1. The van der Waals surface area contributed by atoms with E-state index in [0.717, 1.165) is 4.88 Å². The second-order valence-electron chi connectivity index (χ2n) is 5.98. The van der Waals surface area contributed by atoms with Crippen molar-refractivity contribution in [2.75, 3.05) is 13.2 Å². The van der Waals surface area contributed by atoms with Crippen LogP contribution in [0.5, 0.6) is 0 Å². The van der Waals surface area contributed by atoms with E-state index in [9.17, 15) is 14.4 Å². The smallest absolute Gasteiger partial charge is 0.326 e. The molecule has 1 aromatic heterocycles. The Morgan fingerprint density at radius 2 is 2.13 bits per heavy atom. The molecule has 7 heteroatoms. The molecule has 0 aliphatic carbocycles. The summed E-state index contributed by atoms with van der Waals surface area (Å²) in [4.78, 5) is 40.2. The number of ether oxygens (including phenoxy) is 1. The van der Waals surface area contributed by atoms with Crippen LogP contribution in [0, 0.1) is 11.8 Å². The molecule has 3 heterocycles. The highest BCUT2D eigenvalue weighted by Crippen LogP contribution is 2.49. The summed E-state index contributed by atoms with van der Waals surface area (Å²) in [6.45, 7) is 5.72. The number of hydrogen-bond acceptors (Lipinski definition) is 6. The third kappa shape index (κ3) is 2.21. The molecule has 1 N–H and O–H groups in total. The molecule has 0 aromatic carbocycles. The van der Waals surface area contributed by atoms with E-state index in [2.05, 4.69) is 5.32 Å². The zero-order chi connectivity index (χ0) is 16.8. The van der Waals surface area contributed by atoms with Crippen LogP contribution in [0.2, 0.25) is 0 Å². The Labute approximate surface area is 138 Å². The maximum Gasteiger partial charge on any atom is 0.326 e. The average Bonchev–Trinajstić information content (AvgIpc) is 3.18. The first-order valence-corrected chi connectivity index (χ1v) is 8.67. The summed E-state index contributed by atoms with van der Waals surface area (Å²) in [5, 5.41) is 5.15. The van der Waals surface area contributed by atoms with Gasteiger partial charge in [-0.05, 0) is 32.2 Å². The first-order chi connectivity index (χ1) is 11.0. The lowest BCUT2D eigenvalue weighted by atomic mass is 9.81. The SMILES string of the molecule is CCOC(=O)[C@]1(C)N[C@H](c2cccs2)[C@H]2C(=O)N(CC)C(=O)[C@@H]21.